The number of carbonyl (C=O) groups is 2. The summed E-state index contributed by atoms with van der Waals surface area (Å²) >= 11 is 2.22. The zero-order valence-electron chi connectivity index (χ0n) is 19.9. The van der Waals surface area contributed by atoms with Gasteiger partial charge >= 0.3 is 0 Å². The maximum atomic E-state index is 13.2. The van der Waals surface area contributed by atoms with Gasteiger partial charge in [0, 0.05) is 35.3 Å². The molecule has 0 spiro atoms. The second kappa shape index (κ2) is 12.0. The Hall–Kier alpha value is -2.43. The number of nitrogens with zero attached hydrogens (tertiary/aromatic N) is 2. The summed E-state index contributed by atoms with van der Waals surface area (Å²) < 4.78 is 12.2. The second-order valence-corrected chi connectivity index (χ2v) is 9.97. The molecule has 7 nitrogen and oxygen atoms in total. The maximum absolute atomic E-state index is 13.2. The van der Waals surface area contributed by atoms with Crippen molar-refractivity contribution in [2.24, 2.45) is 0 Å². The molecule has 2 aliphatic rings. The van der Waals surface area contributed by atoms with E-state index in [0.717, 1.165) is 41.6 Å². The summed E-state index contributed by atoms with van der Waals surface area (Å²) in [5.74, 6) is -0.793. The fourth-order valence-electron chi connectivity index (χ4n) is 4.50. The van der Waals surface area contributed by atoms with Gasteiger partial charge in [-0.2, -0.15) is 0 Å². The second-order valence-electron chi connectivity index (χ2n) is 8.73. The number of rotatable bonds is 9. The smallest absolute Gasteiger partial charge is 0.295 e. The zero-order valence-corrected chi connectivity index (χ0v) is 22.1. The molecule has 2 aliphatic heterocycles. The highest BCUT2D eigenvalue weighted by atomic mass is 127. The van der Waals surface area contributed by atoms with Gasteiger partial charge in [-0.15, -0.1) is 0 Å². The summed E-state index contributed by atoms with van der Waals surface area (Å²) in [5.41, 5.74) is 1.38. The molecule has 0 radical (unpaired) electrons. The molecule has 1 N–H and O–H groups in total. The molecule has 186 valence electrons. The molecule has 4 rings (SSSR count). The third-order valence-electron chi connectivity index (χ3n) is 6.28. The van der Waals surface area contributed by atoms with E-state index in [4.69, 9.17) is 9.47 Å². The summed E-state index contributed by atoms with van der Waals surface area (Å²) in [7, 11) is 0. The van der Waals surface area contributed by atoms with Crippen LogP contribution in [0.25, 0.3) is 5.76 Å². The maximum Gasteiger partial charge on any atom is 0.295 e. The largest absolute Gasteiger partial charge is 0.507 e. The Morgan fingerprint density at radius 3 is 2.57 bits per heavy atom. The number of ether oxygens (including phenoxy) is 2. The van der Waals surface area contributed by atoms with E-state index < -0.39 is 17.7 Å². The van der Waals surface area contributed by atoms with Crippen molar-refractivity contribution in [1.82, 2.24) is 9.80 Å². The van der Waals surface area contributed by atoms with Crippen LogP contribution in [0.4, 0.5) is 0 Å². The first-order chi connectivity index (χ1) is 17.0. The number of hydrogen-bond acceptors (Lipinski definition) is 6. The summed E-state index contributed by atoms with van der Waals surface area (Å²) in [6.45, 7) is 7.00. The topological polar surface area (TPSA) is 79.3 Å². The van der Waals surface area contributed by atoms with Crippen LogP contribution in [-0.2, 0) is 14.3 Å². The van der Waals surface area contributed by atoms with Crippen molar-refractivity contribution in [2.45, 2.75) is 25.8 Å². The number of Topliss-reactive ketones (excluding diaryl/α,β-unsaturated/α-hetero) is 1. The number of aliphatic hydroxyl groups is 1. The molecule has 2 aromatic carbocycles. The van der Waals surface area contributed by atoms with Crippen molar-refractivity contribution in [1.29, 1.82) is 0 Å². The van der Waals surface area contributed by atoms with Crippen LogP contribution in [0.5, 0.6) is 5.75 Å². The number of aliphatic hydroxyl groups excluding tert-OH is 1. The number of ketones is 1. The van der Waals surface area contributed by atoms with Crippen LogP contribution >= 0.6 is 22.6 Å². The Morgan fingerprint density at radius 1 is 1.11 bits per heavy atom. The third-order valence-corrected chi connectivity index (χ3v) is 7.00. The van der Waals surface area contributed by atoms with E-state index in [9.17, 15) is 14.7 Å². The number of carbonyl (C=O) groups excluding carboxylic acids is 2. The van der Waals surface area contributed by atoms with E-state index in [1.807, 2.05) is 37.3 Å². The molecule has 0 bridgehead atoms. The molecule has 0 aromatic heterocycles. The lowest BCUT2D eigenvalue weighted by Crippen LogP contribution is -2.38. The molecule has 2 aromatic rings. The molecule has 2 saturated heterocycles. The first-order valence-corrected chi connectivity index (χ1v) is 13.1. The van der Waals surface area contributed by atoms with E-state index in [1.165, 1.54) is 0 Å². The standard InChI is InChI=1S/C27H31IN2O5/c1-2-15-35-22-6-3-5-20(18-22)25(31)23-24(19-7-9-21(28)10-8-19)30(27(33)26(23)32)12-4-11-29-13-16-34-17-14-29/h3,5-10,18,24,31H,2,4,11-17H2,1H3/b25-23+. The minimum absolute atomic E-state index is 0.121. The van der Waals surface area contributed by atoms with Crippen molar-refractivity contribution in [3.8, 4) is 5.75 Å². The van der Waals surface area contributed by atoms with Gasteiger partial charge in [0.25, 0.3) is 11.7 Å². The van der Waals surface area contributed by atoms with Crippen LogP contribution in [0.2, 0.25) is 0 Å². The van der Waals surface area contributed by atoms with Crippen LogP contribution < -0.4 is 4.74 Å². The Labute approximate surface area is 219 Å². The first kappa shape index (κ1) is 25.7. The molecular weight excluding hydrogens is 559 g/mol. The molecule has 1 amide bonds. The monoisotopic (exact) mass is 590 g/mol. The molecule has 2 heterocycles. The molecule has 1 atom stereocenters. The van der Waals surface area contributed by atoms with Crippen molar-refractivity contribution >= 4 is 40.0 Å². The molecule has 35 heavy (non-hydrogen) atoms. The van der Waals surface area contributed by atoms with E-state index in [2.05, 4.69) is 27.5 Å². The minimum atomic E-state index is -0.655. The lowest BCUT2D eigenvalue weighted by molar-refractivity contribution is -0.140. The van der Waals surface area contributed by atoms with Crippen molar-refractivity contribution in [3.63, 3.8) is 0 Å². The lowest BCUT2D eigenvalue weighted by Gasteiger charge is -2.29. The van der Waals surface area contributed by atoms with Crippen LogP contribution in [0, 0.1) is 3.57 Å². The van der Waals surface area contributed by atoms with Gasteiger partial charge in [-0.1, -0.05) is 31.2 Å². The number of halogens is 1. The van der Waals surface area contributed by atoms with Gasteiger partial charge in [0.2, 0.25) is 0 Å². The Balaban J connectivity index is 1.65. The van der Waals surface area contributed by atoms with Gasteiger partial charge in [-0.25, -0.2) is 0 Å². The van der Waals surface area contributed by atoms with Gasteiger partial charge in [0.05, 0.1) is 31.4 Å². The molecule has 2 fully saturated rings. The van der Waals surface area contributed by atoms with Crippen molar-refractivity contribution < 1.29 is 24.2 Å². The van der Waals surface area contributed by atoms with E-state index in [-0.39, 0.29) is 11.3 Å². The first-order valence-electron chi connectivity index (χ1n) is 12.1. The number of morpholine rings is 1. The van der Waals surface area contributed by atoms with E-state index >= 15 is 0 Å². The molecule has 8 heteroatoms. The molecule has 0 saturated carbocycles. The highest BCUT2D eigenvalue weighted by Gasteiger charge is 2.45. The molecule has 0 aliphatic carbocycles. The number of likely N-dealkylation sites (tertiary alicyclic amines) is 1. The van der Waals surface area contributed by atoms with E-state index in [0.29, 0.717) is 37.7 Å². The quantitative estimate of drug-likeness (QED) is 0.204. The van der Waals surface area contributed by atoms with Crippen LogP contribution in [0.3, 0.4) is 0 Å². The number of amides is 1. The minimum Gasteiger partial charge on any atom is -0.507 e. The fourth-order valence-corrected chi connectivity index (χ4v) is 4.86. The van der Waals surface area contributed by atoms with Crippen LogP contribution in [0.15, 0.2) is 54.1 Å². The van der Waals surface area contributed by atoms with Crippen molar-refractivity contribution in [2.75, 3.05) is 46.0 Å². The highest BCUT2D eigenvalue weighted by Crippen LogP contribution is 2.40. The predicted octanol–water partition coefficient (Wildman–Crippen LogP) is 4.22. The summed E-state index contributed by atoms with van der Waals surface area (Å²) in [4.78, 5) is 30.3. The average molecular weight is 590 g/mol. The third kappa shape index (κ3) is 6.05. The van der Waals surface area contributed by atoms with Gasteiger partial charge in [-0.3, -0.25) is 14.5 Å². The average Bonchev–Trinajstić information content (AvgIpc) is 3.13. The van der Waals surface area contributed by atoms with Gasteiger partial charge in [-0.05, 0) is 65.3 Å². The van der Waals surface area contributed by atoms with Crippen molar-refractivity contribution in [3.05, 3.63) is 68.8 Å². The summed E-state index contributed by atoms with van der Waals surface area (Å²) in [6, 6.07) is 14.1. The van der Waals surface area contributed by atoms with Gasteiger partial charge < -0.3 is 19.5 Å². The van der Waals surface area contributed by atoms with E-state index in [1.54, 1.807) is 23.1 Å². The summed E-state index contributed by atoms with van der Waals surface area (Å²) in [5, 5.41) is 11.3. The number of benzene rings is 2. The lowest BCUT2D eigenvalue weighted by atomic mass is 9.95. The van der Waals surface area contributed by atoms with Crippen LogP contribution in [0.1, 0.15) is 36.9 Å². The highest BCUT2D eigenvalue weighted by molar-refractivity contribution is 14.1. The van der Waals surface area contributed by atoms with Gasteiger partial charge in [0.1, 0.15) is 11.5 Å². The molecule has 1 unspecified atom stereocenters. The Kier molecular flexibility index (Phi) is 8.80. The number of hydrogen-bond donors (Lipinski definition) is 1. The Morgan fingerprint density at radius 2 is 1.86 bits per heavy atom. The Bertz CT molecular complexity index is 1080. The zero-order chi connectivity index (χ0) is 24.8. The summed E-state index contributed by atoms with van der Waals surface area (Å²) in [6.07, 6.45) is 1.59. The normalized spacial score (nSPS) is 20.4. The fraction of sp³-hybridized carbons (Fsp3) is 0.407. The molecular formula is C27H31IN2O5. The van der Waals surface area contributed by atoms with Gasteiger partial charge in [0.15, 0.2) is 0 Å². The van der Waals surface area contributed by atoms with Crippen LogP contribution in [-0.4, -0.2) is 72.6 Å². The SMILES string of the molecule is CCCOc1cccc(/C(O)=C2\C(=O)C(=O)N(CCCN3CCOCC3)C2c2ccc(I)cc2)c1. The predicted molar refractivity (Wildman–Crippen MR) is 142 cm³/mol.